The molecule has 0 saturated heterocycles. The summed E-state index contributed by atoms with van der Waals surface area (Å²) in [7, 11) is 0. The van der Waals surface area contributed by atoms with Gasteiger partial charge >= 0.3 is 0 Å². The molecule has 0 saturated carbocycles. The predicted molar refractivity (Wildman–Crippen MR) is 215 cm³/mol. The minimum absolute atomic E-state index is 0.895. The van der Waals surface area contributed by atoms with E-state index in [1.165, 1.54) is 16.2 Å². The fourth-order valence-corrected chi connectivity index (χ4v) is 8.59. The molecule has 0 radical (unpaired) electrons. The van der Waals surface area contributed by atoms with Crippen LogP contribution in [0.15, 0.2) is 179 Å². The summed E-state index contributed by atoms with van der Waals surface area (Å²) in [5.41, 5.74) is 12.8. The lowest BCUT2D eigenvalue weighted by molar-refractivity contribution is 0.669. The molecule has 0 aliphatic rings. The number of benzene rings is 8. The van der Waals surface area contributed by atoms with Gasteiger partial charge < -0.3 is 18.0 Å². The van der Waals surface area contributed by atoms with Crippen molar-refractivity contribution < 1.29 is 8.83 Å². The third-order valence-electron chi connectivity index (χ3n) is 10.9. The van der Waals surface area contributed by atoms with E-state index in [1.54, 1.807) is 0 Å². The number of nitrogens with zero attached hydrogens (tertiary/aromatic N) is 2. The van der Waals surface area contributed by atoms with Crippen molar-refractivity contribution in [3.8, 4) is 22.5 Å². The molecule has 0 unspecified atom stereocenters. The average Bonchev–Trinajstić information content (AvgIpc) is 3.94. The molecular weight excluding hydrogens is 637 g/mol. The molecule has 4 heterocycles. The monoisotopic (exact) mass is 664 g/mol. The van der Waals surface area contributed by atoms with Gasteiger partial charge in [-0.1, -0.05) is 84.9 Å². The van der Waals surface area contributed by atoms with Crippen LogP contribution in [0.1, 0.15) is 0 Å². The molecule has 242 valence electrons. The van der Waals surface area contributed by atoms with E-state index in [0.29, 0.717) is 0 Å². The standard InChI is InChI=1S/C48H28N2O2/c1-3-11-31(12-4-1)49-41-23-20-30(26-39(41)47-42(49)24-21-35-33-15-7-10-18-45(33)52-48(35)47)29-19-22-40-36(25-29)37-27-38-34-16-8-9-17-44(34)51-46(38)28-43(37)50(40)32-13-5-2-6-14-32/h1-28H. The molecule has 4 nitrogen and oxygen atoms in total. The first kappa shape index (κ1) is 27.7. The van der Waals surface area contributed by atoms with Crippen molar-refractivity contribution >= 4 is 87.5 Å². The second kappa shape index (κ2) is 10.3. The fourth-order valence-electron chi connectivity index (χ4n) is 8.59. The molecule has 0 fully saturated rings. The van der Waals surface area contributed by atoms with Crippen molar-refractivity contribution in [2.24, 2.45) is 0 Å². The van der Waals surface area contributed by atoms with Crippen molar-refractivity contribution in [2.75, 3.05) is 0 Å². The molecule has 0 spiro atoms. The van der Waals surface area contributed by atoms with Crippen LogP contribution in [-0.4, -0.2) is 9.13 Å². The van der Waals surface area contributed by atoms with E-state index in [4.69, 9.17) is 8.83 Å². The van der Waals surface area contributed by atoms with Crippen LogP contribution >= 0.6 is 0 Å². The highest BCUT2D eigenvalue weighted by Gasteiger charge is 2.21. The SMILES string of the molecule is c1ccc(-n2c3ccc(-c4ccc5c(c4)c4c6oc7ccccc7c6ccc4n5-c4ccccc4)cc3c3cc4c(cc32)oc2ccccc24)cc1. The second-order valence-corrected chi connectivity index (χ2v) is 13.7. The number of furan rings is 2. The van der Waals surface area contributed by atoms with Gasteiger partial charge in [0, 0.05) is 55.1 Å². The van der Waals surface area contributed by atoms with Gasteiger partial charge in [0.1, 0.15) is 22.3 Å². The summed E-state index contributed by atoms with van der Waals surface area (Å²) in [6, 6.07) is 60.6. The molecule has 0 atom stereocenters. The van der Waals surface area contributed by atoms with Gasteiger partial charge in [-0.2, -0.15) is 0 Å². The molecule has 52 heavy (non-hydrogen) atoms. The Morgan fingerprint density at radius 1 is 0.308 bits per heavy atom. The quantitative estimate of drug-likeness (QED) is 0.188. The topological polar surface area (TPSA) is 36.1 Å². The molecule has 0 amide bonds. The van der Waals surface area contributed by atoms with Crippen molar-refractivity contribution in [1.82, 2.24) is 9.13 Å². The van der Waals surface area contributed by atoms with E-state index in [9.17, 15) is 0 Å². The van der Waals surface area contributed by atoms with Gasteiger partial charge in [0.05, 0.1) is 27.5 Å². The zero-order chi connectivity index (χ0) is 33.9. The highest BCUT2D eigenvalue weighted by molar-refractivity contribution is 6.24. The van der Waals surface area contributed by atoms with Gasteiger partial charge in [-0.25, -0.2) is 0 Å². The maximum Gasteiger partial charge on any atom is 0.145 e. The van der Waals surface area contributed by atoms with Crippen LogP contribution in [0.25, 0.3) is 110 Å². The molecule has 12 rings (SSSR count). The molecular formula is C48H28N2O2. The van der Waals surface area contributed by atoms with E-state index in [-0.39, 0.29) is 0 Å². The Hall–Kier alpha value is -7.04. The Kier molecular flexibility index (Phi) is 5.47. The Labute approximate surface area is 296 Å². The Balaban J connectivity index is 1.15. The van der Waals surface area contributed by atoms with E-state index in [2.05, 4.69) is 161 Å². The van der Waals surface area contributed by atoms with Gasteiger partial charge in [-0.3, -0.25) is 0 Å². The van der Waals surface area contributed by atoms with Gasteiger partial charge in [0.2, 0.25) is 0 Å². The van der Waals surface area contributed by atoms with E-state index in [1.807, 2.05) is 18.2 Å². The van der Waals surface area contributed by atoms with Crippen LogP contribution in [0.2, 0.25) is 0 Å². The second-order valence-electron chi connectivity index (χ2n) is 13.7. The molecule has 4 aromatic heterocycles. The Morgan fingerprint density at radius 3 is 1.56 bits per heavy atom. The van der Waals surface area contributed by atoms with Crippen molar-refractivity contribution in [2.45, 2.75) is 0 Å². The van der Waals surface area contributed by atoms with Crippen LogP contribution < -0.4 is 0 Å². The average molecular weight is 665 g/mol. The van der Waals surface area contributed by atoms with Crippen molar-refractivity contribution in [3.05, 3.63) is 170 Å². The predicted octanol–water partition coefficient (Wildman–Crippen LogP) is 13.3. The number of hydrogen-bond acceptors (Lipinski definition) is 2. The summed E-state index contributed by atoms with van der Waals surface area (Å²) < 4.78 is 17.7. The van der Waals surface area contributed by atoms with Crippen LogP contribution in [0, 0.1) is 0 Å². The molecule has 0 N–H and O–H groups in total. The van der Waals surface area contributed by atoms with Crippen LogP contribution in [-0.2, 0) is 0 Å². The first-order valence-electron chi connectivity index (χ1n) is 17.7. The van der Waals surface area contributed by atoms with Crippen molar-refractivity contribution in [1.29, 1.82) is 0 Å². The third kappa shape index (κ3) is 3.75. The summed E-state index contributed by atoms with van der Waals surface area (Å²) in [5.74, 6) is 0. The fraction of sp³-hybridized carbons (Fsp3) is 0. The molecule has 4 heteroatoms. The van der Waals surface area contributed by atoms with Crippen LogP contribution in [0.4, 0.5) is 0 Å². The van der Waals surface area contributed by atoms with Crippen molar-refractivity contribution in [3.63, 3.8) is 0 Å². The van der Waals surface area contributed by atoms with Crippen LogP contribution in [0.5, 0.6) is 0 Å². The minimum atomic E-state index is 0.895. The number of fused-ring (bicyclic) bond motifs is 13. The smallest absolute Gasteiger partial charge is 0.145 e. The summed E-state index contributed by atoms with van der Waals surface area (Å²) in [5, 5.41) is 9.23. The summed E-state index contributed by atoms with van der Waals surface area (Å²) in [6.07, 6.45) is 0. The zero-order valence-corrected chi connectivity index (χ0v) is 27.9. The molecule has 8 aromatic carbocycles. The molecule has 0 bridgehead atoms. The van der Waals surface area contributed by atoms with Gasteiger partial charge in [0.15, 0.2) is 0 Å². The van der Waals surface area contributed by atoms with E-state index >= 15 is 0 Å². The highest BCUT2D eigenvalue weighted by Crippen LogP contribution is 2.43. The largest absolute Gasteiger partial charge is 0.456 e. The molecule has 0 aliphatic carbocycles. The molecule has 0 aliphatic heterocycles. The zero-order valence-electron chi connectivity index (χ0n) is 27.9. The first-order valence-corrected chi connectivity index (χ1v) is 17.7. The number of aromatic nitrogens is 2. The van der Waals surface area contributed by atoms with Crippen LogP contribution in [0.3, 0.4) is 0 Å². The number of para-hydroxylation sites is 4. The minimum Gasteiger partial charge on any atom is -0.456 e. The Morgan fingerprint density at radius 2 is 0.846 bits per heavy atom. The number of rotatable bonds is 3. The molecule has 12 aromatic rings. The summed E-state index contributed by atoms with van der Waals surface area (Å²) in [6.45, 7) is 0. The Bertz CT molecular complexity index is 3400. The maximum atomic E-state index is 6.65. The van der Waals surface area contributed by atoms with Gasteiger partial charge in [-0.05, 0) is 90.0 Å². The normalized spacial score (nSPS) is 12.2. The summed E-state index contributed by atoms with van der Waals surface area (Å²) in [4.78, 5) is 0. The lowest BCUT2D eigenvalue weighted by Gasteiger charge is -2.09. The van der Waals surface area contributed by atoms with E-state index in [0.717, 1.165) is 93.8 Å². The van der Waals surface area contributed by atoms with Gasteiger partial charge in [-0.15, -0.1) is 0 Å². The third-order valence-corrected chi connectivity index (χ3v) is 10.9. The number of hydrogen-bond donors (Lipinski definition) is 0. The highest BCUT2D eigenvalue weighted by atomic mass is 16.3. The van der Waals surface area contributed by atoms with E-state index < -0.39 is 0 Å². The summed E-state index contributed by atoms with van der Waals surface area (Å²) >= 11 is 0. The first-order chi connectivity index (χ1) is 25.8. The maximum absolute atomic E-state index is 6.65. The van der Waals surface area contributed by atoms with Gasteiger partial charge in [0.25, 0.3) is 0 Å². The lowest BCUT2D eigenvalue weighted by atomic mass is 9.99. The lowest BCUT2D eigenvalue weighted by Crippen LogP contribution is -1.93.